The second kappa shape index (κ2) is 15.9. The Hall–Kier alpha value is -4.07. The molecular formula is C38H41ClN2O9. The maximum atomic E-state index is 12.9. The molecule has 0 radical (unpaired) electrons. The number of aliphatic hydroxyl groups excluding tert-OH is 5. The lowest BCUT2D eigenvalue weighted by Crippen LogP contribution is -2.54. The van der Waals surface area contributed by atoms with Gasteiger partial charge in [-0.2, -0.15) is 0 Å². The van der Waals surface area contributed by atoms with E-state index in [-0.39, 0.29) is 24.9 Å². The molecule has 2 saturated carbocycles. The van der Waals surface area contributed by atoms with Gasteiger partial charge in [-0.1, -0.05) is 41.9 Å². The number of amides is 1. The summed E-state index contributed by atoms with van der Waals surface area (Å²) in [5, 5.41) is 51.6. The number of para-hydroxylation sites is 1. The Labute approximate surface area is 295 Å². The fourth-order valence-corrected chi connectivity index (χ4v) is 5.93. The molecule has 1 heterocycles. The molecule has 1 aromatic heterocycles. The number of ether oxygens (including phenoxy) is 3. The van der Waals surface area contributed by atoms with Gasteiger partial charge in [-0.3, -0.25) is 9.78 Å². The lowest BCUT2D eigenvalue weighted by atomic mass is 9.96. The fraction of sp³-hybridized carbons (Fsp3) is 0.368. The van der Waals surface area contributed by atoms with Gasteiger partial charge in [0, 0.05) is 34.1 Å². The predicted octanol–water partition coefficient (Wildman–Crippen LogP) is 3.89. The molecule has 1 amide bonds. The summed E-state index contributed by atoms with van der Waals surface area (Å²) in [4.78, 5) is 17.3. The van der Waals surface area contributed by atoms with Crippen LogP contribution in [-0.2, 0) is 23.6 Å². The van der Waals surface area contributed by atoms with Crippen LogP contribution in [0.2, 0.25) is 5.02 Å². The van der Waals surface area contributed by atoms with Gasteiger partial charge in [0.2, 0.25) is 0 Å². The van der Waals surface area contributed by atoms with Crippen LogP contribution in [-0.4, -0.2) is 80.1 Å². The molecule has 6 N–H and O–H groups in total. The van der Waals surface area contributed by atoms with Crippen molar-refractivity contribution in [2.24, 2.45) is 0 Å². The highest BCUT2D eigenvalue weighted by atomic mass is 35.5. The van der Waals surface area contributed by atoms with E-state index in [2.05, 4.69) is 16.4 Å². The molecule has 6 rings (SSSR count). The van der Waals surface area contributed by atoms with Crippen molar-refractivity contribution in [3.8, 4) is 22.6 Å². The highest BCUT2D eigenvalue weighted by molar-refractivity contribution is 6.31. The SMILES string of the molecule is O=C(N[C@@H](CO)[C@@H](O)[C@H](O)[C@H](O)CO)c1cccc(OCc2ccc(Cl)c(COC3(c4cnccc4-c4ccccc4OC4CC4)CC3)c2)c1. The minimum Gasteiger partial charge on any atom is -0.490 e. The van der Waals surface area contributed by atoms with Crippen molar-refractivity contribution < 1.29 is 44.5 Å². The average molecular weight is 705 g/mol. The van der Waals surface area contributed by atoms with Crippen LogP contribution in [0.5, 0.6) is 11.5 Å². The number of rotatable bonds is 17. The monoisotopic (exact) mass is 704 g/mol. The fourth-order valence-electron chi connectivity index (χ4n) is 5.76. The number of halogens is 1. The normalized spacial score (nSPS) is 17.3. The smallest absolute Gasteiger partial charge is 0.251 e. The van der Waals surface area contributed by atoms with Crippen molar-refractivity contribution in [3.05, 3.63) is 112 Å². The standard InChI is InChI=1S/C38H41ClN2O9/c39-31-11-8-23(21-48-27-5-3-4-24(17-27)37(47)41-32(19-42)35(45)36(46)33(44)20-43)16-25(31)22-49-38(13-14-38)30-18-40-15-12-28(30)29-6-1-2-7-34(29)50-26-9-10-26/h1-8,11-12,15-18,26,32-33,35-36,42-46H,9-10,13-14,19-22H2,(H,41,47)/t32-,33+,35+,36+/m0/s1. The van der Waals surface area contributed by atoms with E-state index < -0.39 is 49.1 Å². The van der Waals surface area contributed by atoms with Crippen molar-refractivity contribution in [2.75, 3.05) is 13.2 Å². The van der Waals surface area contributed by atoms with Gasteiger partial charge in [-0.05, 0) is 84.8 Å². The Bertz CT molecular complexity index is 1780. The Morgan fingerprint density at radius 2 is 1.72 bits per heavy atom. The molecule has 4 atom stereocenters. The Balaban J connectivity index is 1.10. The summed E-state index contributed by atoms with van der Waals surface area (Å²) >= 11 is 6.62. The summed E-state index contributed by atoms with van der Waals surface area (Å²) in [6.45, 7) is -1.06. The molecule has 2 aliphatic carbocycles. The molecule has 0 spiro atoms. The zero-order valence-corrected chi connectivity index (χ0v) is 28.1. The number of nitrogens with one attached hydrogen (secondary N) is 1. The van der Waals surface area contributed by atoms with E-state index in [1.807, 2.05) is 42.6 Å². The van der Waals surface area contributed by atoms with Gasteiger partial charge in [0.05, 0.1) is 37.6 Å². The number of carbonyl (C=O) groups is 1. The highest BCUT2D eigenvalue weighted by Crippen LogP contribution is 2.53. The van der Waals surface area contributed by atoms with Gasteiger partial charge in [-0.25, -0.2) is 0 Å². The van der Waals surface area contributed by atoms with Crippen molar-refractivity contribution in [1.29, 1.82) is 0 Å². The van der Waals surface area contributed by atoms with Gasteiger partial charge >= 0.3 is 0 Å². The van der Waals surface area contributed by atoms with Crippen LogP contribution in [0.1, 0.15) is 52.7 Å². The van der Waals surface area contributed by atoms with Gasteiger partial charge in [0.25, 0.3) is 5.91 Å². The minimum atomic E-state index is -1.78. The molecule has 0 unspecified atom stereocenters. The summed E-state index contributed by atoms with van der Waals surface area (Å²) in [5.41, 5.74) is 4.41. The molecule has 2 fully saturated rings. The number of pyridine rings is 1. The summed E-state index contributed by atoms with van der Waals surface area (Å²) < 4.78 is 18.8. The summed E-state index contributed by atoms with van der Waals surface area (Å²) in [6, 6.07) is 20.7. The number of hydrogen-bond donors (Lipinski definition) is 6. The number of aliphatic hydroxyl groups is 5. The third-order valence-electron chi connectivity index (χ3n) is 8.98. The Kier molecular flexibility index (Phi) is 11.3. The molecule has 264 valence electrons. The van der Waals surface area contributed by atoms with Crippen LogP contribution in [0.3, 0.4) is 0 Å². The molecule has 0 saturated heterocycles. The highest BCUT2D eigenvalue weighted by Gasteiger charge is 2.48. The van der Waals surface area contributed by atoms with E-state index in [0.29, 0.717) is 10.8 Å². The van der Waals surface area contributed by atoms with E-state index in [1.165, 1.54) is 12.1 Å². The predicted molar refractivity (Wildman–Crippen MR) is 185 cm³/mol. The van der Waals surface area contributed by atoms with Crippen LogP contribution in [0, 0.1) is 0 Å². The second-order valence-electron chi connectivity index (χ2n) is 12.8. The molecular weight excluding hydrogens is 664 g/mol. The quantitative estimate of drug-likeness (QED) is 0.0948. The largest absolute Gasteiger partial charge is 0.490 e. The first-order valence-corrected chi connectivity index (χ1v) is 17.0. The third-order valence-corrected chi connectivity index (χ3v) is 9.35. The second-order valence-corrected chi connectivity index (χ2v) is 13.2. The summed E-state index contributed by atoms with van der Waals surface area (Å²) in [7, 11) is 0. The first-order valence-electron chi connectivity index (χ1n) is 16.6. The van der Waals surface area contributed by atoms with Gasteiger partial charge in [0.1, 0.15) is 36.4 Å². The summed E-state index contributed by atoms with van der Waals surface area (Å²) in [6.07, 6.45) is 2.65. The van der Waals surface area contributed by atoms with Crippen LogP contribution in [0.15, 0.2) is 85.2 Å². The molecule has 0 bridgehead atoms. The van der Waals surface area contributed by atoms with Crippen molar-refractivity contribution in [1.82, 2.24) is 10.3 Å². The van der Waals surface area contributed by atoms with E-state index in [1.54, 1.807) is 24.4 Å². The number of benzene rings is 3. The number of nitrogens with zero attached hydrogens (tertiary/aromatic N) is 1. The zero-order valence-electron chi connectivity index (χ0n) is 27.3. The average Bonchev–Trinajstić information content (AvgIpc) is 4.10. The van der Waals surface area contributed by atoms with Gasteiger partial charge < -0.3 is 45.1 Å². The first-order chi connectivity index (χ1) is 24.2. The summed E-state index contributed by atoms with van der Waals surface area (Å²) in [5.74, 6) is 0.618. The van der Waals surface area contributed by atoms with Gasteiger partial charge in [0.15, 0.2) is 0 Å². The van der Waals surface area contributed by atoms with E-state index >= 15 is 0 Å². The van der Waals surface area contributed by atoms with Crippen molar-refractivity contribution in [2.45, 2.75) is 75.0 Å². The van der Waals surface area contributed by atoms with E-state index in [9.17, 15) is 25.2 Å². The Morgan fingerprint density at radius 3 is 2.46 bits per heavy atom. The number of aromatic nitrogens is 1. The zero-order chi connectivity index (χ0) is 35.3. The molecule has 12 heteroatoms. The maximum Gasteiger partial charge on any atom is 0.251 e. The lowest BCUT2D eigenvalue weighted by molar-refractivity contribution is -0.0904. The van der Waals surface area contributed by atoms with Crippen LogP contribution >= 0.6 is 11.6 Å². The van der Waals surface area contributed by atoms with Crippen LogP contribution < -0.4 is 14.8 Å². The molecule has 4 aromatic rings. The van der Waals surface area contributed by atoms with E-state index in [0.717, 1.165) is 59.3 Å². The molecule has 2 aliphatic rings. The minimum absolute atomic E-state index is 0.175. The molecule has 11 nitrogen and oxygen atoms in total. The van der Waals surface area contributed by atoms with Crippen molar-refractivity contribution >= 4 is 17.5 Å². The molecule has 50 heavy (non-hydrogen) atoms. The number of hydrogen-bond acceptors (Lipinski definition) is 10. The molecule has 3 aromatic carbocycles. The Morgan fingerprint density at radius 1 is 0.920 bits per heavy atom. The van der Waals surface area contributed by atoms with E-state index in [4.69, 9.17) is 30.9 Å². The van der Waals surface area contributed by atoms with Crippen LogP contribution in [0.25, 0.3) is 11.1 Å². The van der Waals surface area contributed by atoms with Gasteiger partial charge in [-0.15, -0.1) is 0 Å². The lowest BCUT2D eigenvalue weighted by Gasteiger charge is -2.28. The van der Waals surface area contributed by atoms with Crippen LogP contribution in [0.4, 0.5) is 0 Å². The maximum absolute atomic E-state index is 12.9. The number of carbonyl (C=O) groups excluding carboxylic acids is 1. The molecule has 0 aliphatic heterocycles. The third kappa shape index (κ3) is 8.44. The topological polar surface area (TPSA) is 171 Å². The first kappa shape index (κ1) is 35.7. The van der Waals surface area contributed by atoms with Crippen molar-refractivity contribution in [3.63, 3.8) is 0 Å².